The van der Waals surface area contributed by atoms with Crippen molar-refractivity contribution in [2.24, 2.45) is 0 Å². The maximum absolute atomic E-state index is 12.9. The Morgan fingerprint density at radius 1 is 1.17 bits per heavy atom. The number of hydrogen-bond donors (Lipinski definition) is 2. The Labute approximate surface area is 188 Å². The Bertz CT molecular complexity index is 1030. The molecule has 3 rings (SSSR count). The van der Waals surface area contributed by atoms with E-state index in [2.05, 4.69) is 31.5 Å². The lowest BCUT2D eigenvalue weighted by molar-refractivity contribution is -0.113. The molecule has 1 aromatic heterocycles. The minimum absolute atomic E-state index is 0.185. The molecule has 2 amide bonds. The van der Waals surface area contributed by atoms with Crippen LogP contribution in [0.4, 0.5) is 15.2 Å². The average Bonchev–Trinajstić information content (AvgIpc) is 3.12. The highest BCUT2D eigenvalue weighted by Gasteiger charge is 2.13. The Morgan fingerprint density at radius 2 is 1.93 bits per heavy atom. The van der Waals surface area contributed by atoms with Crippen LogP contribution in [-0.4, -0.2) is 22.6 Å². The van der Waals surface area contributed by atoms with Gasteiger partial charge in [-0.1, -0.05) is 27.5 Å². The molecule has 0 aliphatic heterocycles. The van der Waals surface area contributed by atoms with Gasteiger partial charge < -0.3 is 5.32 Å². The molecule has 0 saturated carbocycles. The van der Waals surface area contributed by atoms with Gasteiger partial charge in [0.1, 0.15) is 5.82 Å². The number of carbonyl (C=O) groups is 2. The lowest BCUT2D eigenvalue weighted by Gasteiger charge is -2.05. The summed E-state index contributed by atoms with van der Waals surface area (Å²) in [6.45, 7) is 0. The molecule has 5 nitrogen and oxygen atoms in total. The number of nitrogens with zero attached hydrogens (tertiary/aromatic N) is 1. The van der Waals surface area contributed by atoms with Gasteiger partial charge in [0, 0.05) is 21.3 Å². The van der Waals surface area contributed by atoms with Crippen molar-refractivity contribution < 1.29 is 14.0 Å². The van der Waals surface area contributed by atoms with Crippen molar-refractivity contribution in [2.75, 3.05) is 16.4 Å². The van der Waals surface area contributed by atoms with Crippen LogP contribution in [0.25, 0.3) is 0 Å². The molecule has 2 N–H and O–H groups in total. The molecule has 1 heterocycles. The zero-order valence-electron chi connectivity index (χ0n) is 14.7. The average molecular weight is 515 g/mol. The fourth-order valence-corrected chi connectivity index (χ4v) is 4.34. The predicted molar refractivity (Wildman–Crippen MR) is 120 cm³/mol. The van der Waals surface area contributed by atoms with Crippen LogP contribution in [-0.2, 0) is 10.5 Å². The van der Waals surface area contributed by atoms with Crippen LogP contribution >= 0.6 is 50.6 Å². The van der Waals surface area contributed by atoms with Crippen molar-refractivity contribution in [3.05, 3.63) is 74.4 Å². The van der Waals surface area contributed by atoms with Gasteiger partial charge in [0.05, 0.1) is 22.0 Å². The molecule has 0 aliphatic carbocycles. The first-order valence-corrected chi connectivity index (χ1v) is 11.5. The number of halogens is 3. The number of rotatable bonds is 7. The van der Waals surface area contributed by atoms with Crippen LogP contribution < -0.4 is 10.6 Å². The van der Waals surface area contributed by atoms with E-state index in [0.29, 0.717) is 27.2 Å². The Morgan fingerprint density at radius 3 is 2.69 bits per heavy atom. The number of hydrogen-bond acceptors (Lipinski definition) is 5. The zero-order chi connectivity index (χ0) is 20.8. The highest BCUT2D eigenvalue weighted by atomic mass is 79.9. The van der Waals surface area contributed by atoms with E-state index in [1.54, 1.807) is 18.2 Å². The predicted octanol–water partition coefficient (Wildman–Crippen LogP) is 5.82. The van der Waals surface area contributed by atoms with Gasteiger partial charge in [0.25, 0.3) is 5.91 Å². The van der Waals surface area contributed by atoms with Crippen molar-refractivity contribution in [1.29, 1.82) is 0 Å². The SMILES string of the molecule is O=C(CSCc1csc(NC(=O)c2cc(Br)ccc2Cl)n1)Nc1ccc(F)cc1. The molecule has 0 unspecified atom stereocenters. The van der Waals surface area contributed by atoms with Gasteiger partial charge in [-0.3, -0.25) is 14.9 Å². The van der Waals surface area contributed by atoms with Crippen LogP contribution in [0.2, 0.25) is 5.02 Å². The molecule has 0 bridgehead atoms. The minimum Gasteiger partial charge on any atom is -0.325 e. The number of thioether (sulfide) groups is 1. The van der Waals surface area contributed by atoms with E-state index in [1.807, 2.05) is 5.38 Å². The highest BCUT2D eigenvalue weighted by Crippen LogP contribution is 2.24. The molecule has 0 fully saturated rings. The number of amides is 2. The number of aromatic nitrogens is 1. The van der Waals surface area contributed by atoms with E-state index in [4.69, 9.17) is 11.6 Å². The lowest BCUT2D eigenvalue weighted by atomic mass is 10.2. The van der Waals surface area contributed by atoms with E-state index < -0.39 is 0 Å². The minimum atomic E-state index is -0.356. The molecule has 0 atom stereocenters. The number of anilines is 2. The van der Waals surface area contributed by atoms with Crippen LogP contribution in [0, 0.1) is 5.82 Å². The summed E-state index contributed by atoms with van der Waals surface area (Å²) in [5.74, 6) is -0.144. The summed E-state index contributed by atoms with van der Waals surface area (Å²) in [6.07, 6.45) is 0. The third kappa shape index (κ3) is 6.53. The van der Waals surface area contributed by atoms with E-state index in [0.717, 1.165) is 10.2 Å². The van der Waals surface area contributed by atoms with E-state index in [1.165, 1.54) is 47.4 Å². The van der Waals surface area contributed by atoms with Crippen LogP contribution in [0.3, 0.4) is 0 Å². The molecule has 3 aromatic rings. The van der Waals surface area contributed by atoms with Crippen LogP contribution in [0.15, 0.2) is 52.3 Å². The smallest absolute Gasteiger partial charge is 0.258 e. The maximum Gasteiger partial charge on any atom is 0.258 e. The monoisotopic (exact) mass is 513 g/mol. The largest absolute Gasteiger partial charge is 0.325 e. The van der Waals surface area contributed by atoms with Gasteiger partial charge in [0.15, 0.2) is 5.13 Å². The Hall–Kier alpha value is -1.94. The maximum atomic E-state index is 12.9. The van der Waals surface area contributed by atoms with Gasteiger partial charge >= 0.3 is 0 Å². The van der Waals surface area contributed by atoms with E-state index in [-0.39, 0.29) is 23.4 Å². The normalized spacial score (nSPS) is 10.6. The molecule has 0 saturated heterocycles. The van der Waals surface area contributed by atoms with Crippen molar-refractivity contribution in [3.8, 4) is 0 Å². The molecule has 0 aliphatic rings. The number of nitrogens with one attached hydrogen (secondary N) is 2. The summed E-state index contributed by atoms with van der Waals surface area (Å²) < 4.78 is 13.6. The summed E-state index contributed by atoms with van der Waals surface area (Å²) in [4.78, 5) is 28.7. The standard InChI is InChI=1S/C19H14BrClFN3O2S2/c20-11-1-6-16(21)15(7-11)18(27)25-19-24-14(9-29-19)8-28-10-17(26)23-13-4-2-12(22)3-5-13/h1-7,9H,8,10H2,(H,23,26)(H,24,25,27). The topological polar surface area (TPSA) is 71.1 Å². The third-order valence-corrected chi connectivity index (χ3v) is 6.15. The first-order chi connectivity index (χ1) is 13.9. The summed E-state index contributed by atoms with van der Waals surface area (Å²) in [6, 6.07) is 10.6. The van der Waals surface area contributed by atoms with Gasteiger partial charge in [-0.25, -0.2) is 9.37 Å². The summed E-state index contributed by atoms with van der Waals surface area (Å²) in [7, 11) is 0. The van der Waals surface area contributed by atoms with Gasteiger partial charge in [0.2, 0.25) is 5.91 Å². The molecule has 29 heavy (non-hydrogen) atoms. The van der Waals surface area contributed by atoms with Crippen molar-refractivity contribution in [2.45, 2.75) is 5.75 Å². The molecule has 0 radical (unpaired) electrons. The highest BCUT2D eigenvalue weighted by molar-refractivity contribution is 9.10. The Kier molecular flexibility index (Phi) is 7.65. The number of thiazole rings is 1. The molecule has 2 aromatic carbocycles. The van der Waals surface area contributed by atoms with Crippen LogP contribution in [0.1, 0.15) is 16.1 Å². The first-order valence-electron chi connectivity index (χ1n) is 8.24. The second-order valence-corrected chi connectivity index (χ2v) is 8.94. The molecular weight excluding hydrogens is 501 g/mol. The summed E-state index contributed by atoms with van der Waals surface area (Å²) in [5.41, 5.74) is 1.65. The van der Waals surface area contributed by atoms with Crippen molar-refractivity contribution in [1.82, 2.24) is 4.98 Å². The molecule has 0 spiro atoms. The lowest BCUT2D eigenvalue weighted by Crippen LogP contribution is -2.14. The number of benzene rings is 2. The Balaban J connectivity index is 1.47. The third-order valence-electron chi connectivity index (χ3n) is 3.56. The quantitative estimate of drug-likeness (QED) is 0.417. The second kappa shape index (κ2) is 10.2. The van der Waals surface area contributed by atoms with Gasteiger partial charge in [-0.2, -0.15) is 0 Å². The van der Waals surface area contributed by atoms with E-state index >= 15 is 0 Å². The van der Waals surface area contributed by atoms with Gasteiger partial charge in [-0.05, 0) is 42.5 Å². The van der Waals surface area contributed by atoms with Gasteiger partial charge in [-0.15, -0.1) is 23.1 Å². The second-order valence-electron chi connectivity index (χ2n) is 5.77. The molecular formula is C19H14BrClFN3O2S2. The first kappa shape index (κ1) is 21.8. The van der Waals surface area contributed by atoms with Crippen LogP contribution in [0.5, 0.6) is 0 Å². The molecule has 150 valence electrons. The van der Waals surface area contributed by atoms with E-state index in [9.17, 15) is 14.0 Å². The fraction of sp³-hybridized carbons (Fsp3) is 0.105. The number of carbonyl (C=O) groups excluding carboxylic acids is 2. The fourth-order valence-electron chi connectivity index (χ4n) is 2.25. The zero-order valence-corrected chi connectivity index (χ0v) is 18.7. The molecule has 10 heteroatoms. The van der Waals surface area contributed by atoms with Crippen molar-refractivity contribution >= 4 is 73.3 Å². The van der Waals surface area contributed by atoms with Crippen molar-refractivity contribution in [3.63, 3.8) is 0 Å². The summed E-state index contributed by atoms with van der Waals surface area (Å²) >= 11 is 12.1. The summed E-state index contributed by atoms with van der Waals surface area (Å²) in [5, 5.41) is 8.05.